The standard InChI is InChI=1S/C19H22F2N2O4S/c1-3-18(13-4-6-14(27-2)7-5-13)23-19(24)10-11-22-28(25,26)15-8-9-16(20)17(21)12-15/h4-9,12,18,22H,3,10-11H2,1-2H3,(H,23,24). The highest BCUT2D eigenvalue weighted by Gasteiger charge is 2.18. The maximum absolute atomic E-state index is 13.2. The Kier molecular flexibility index (Phi) is 7.47. The van der Waals surface area contributed by atoms with Gasteiger partial charge in [0.15, 0.2) is 11.6 Å². The predicted molar refractivity (Wildman–Crippen MR) is 100 cm³/mol. The SMILES string of the molecule is CCC(NC(=O)CCNS(=O)(=O)c1ccc(F)c(F)c1)c1ccc(OC)cc1. The van der Waals surface area contributed by atoms with Gasteiger partial charge in [-0.05, 0) is 42.3 Å². The summed E-state index contributed by atoms with van der Waals surface area (Å²) < 4.78 is 57.6. The van der Waals surface area contributed by atoms with Crippen LogP contribution in [0.1, 0.15) is 31.4 Å². The third-order valence-corrected chi connectivity index (χ3v) is 5.57. The first kappa shape index (κ1) is 21.8. The van der Waals surface area contributed by atoms with Crippen molar-refractivity contribution in [3.05, 3.63) is 59.7 Å². The molecule has 0 fully saturated rings. The Morgan fingerprint density at radius 2 is 1.79 bits per heavy atom. The minimum Gasteiger partial charge on any atom is -0.497 e. The molecule has 0 aliphatic carbocycles. The van der Waals surface area contributed by atoms with E-state index in [0.29, 0.717) is 18.2 Å². The number of methoxy groups -OCH3 is 1. The van der Waals surface area contributed by atoms with Crippen LogP contribution in [0.2, 0.25) is 0 Å². The fourth-order valence-electron chi connectivity index (χ4n) is 2.55. The van der Waals surface area contributed by atoms with E-state index in [4.69, 9.17) is 4.74 Å². The average Bonchev–Trinajstić information content (AvgIpc) is 2.68. The van der Waals surface area contributed by atoms with Gasteiger partial charge < -0.3 is 10.1 Å². The van der Waals surface area contributed by atoms with Gasteiger partial charge in [-0.3, -0.25) is 4.79 Å². The molecule has 2 rings (SSSR count). The molecule has 2 N–H and O–H groups in total. The van der Waals surface area contributed by atoms with Gasteiger partial charge in [-0.25, -0.2) is 21.9 Å². The van der Waals surface area contributed by atoms with Crippen LogP contribution >= 0.6 is 0 Å². The first-order valence-electron chi connectivity index (χ1n) is 8.65. The molecular formula is C19H22F2N2O4S. The number of amides is 1. The van der Waals surface area contributed by atoms with Gasteiger partial charge in [0.1, 0.15) is 5.75 Å². The molecular weight excluding hydrogens is 390 g/mol. The number of sulfonamides is 1. The Hall–Kier alpha value is -2.52. The zero-order chi connectivity index (χ0) is 20.7. The predicted octanol–water partition coefficient (Wildman–Crippen LogP) is 2.91. The van der Waals surface area contributed by atoms with Gasteiger partial charge in [0, 0.05) is 13.0 Å². The Balaban J connectivity index is 1.90. The van der Waals surface area contributed by atoms with Crippen LogP contribution in [0.5, 0.6) is 5.75 Å². The summed E-state index contributed by atoms with van der Waals surface area (Å²) >= 11 is 0. The molecule has 0 aliphatic rings. The van der Waals surface area contributed by atoms with E-state index in [1.54, 1.807) is 19.2 Å². The number of halogens is 2. The van der Waals surface area contributed by atoms with Crippen molar-refractivity contribution in [1.29, 1.82) is 0 Å². The van der Waals surface area contributed by atoms with Crippen LogP contribution in [0.25, 0.3) is 0 Å². The number of carbonyl (C=O) groups excluding carboxylic acids is 1. The van der Waals surface area contributed by atoms with Crippen LogP contribution in [0.4, 0.5) is 8.78 Å². The fourth-order valence-corrected chi connectivity index (χ4v) is 3.59. The molecule has 0 bridgehead atoms. The first-order chi connectivity index (χ1) is 13.3. The van der Waals surface area contributed by atoms with Gasteiger partial charge in [0.2, 0.25) is 15.9 Å². The van der Waals surface area contributed by atoms with Crippen molar-refractivity contribution in [2.45, 2.75) is 30.7 Å². The fraction of sp³-hybridized carbons (Fsp3) is 0.316. The maximum atomic E-state index is 13.2. The van der Waals surface area contributed by atoms with Crippen LogP contribution in [0.15, 0.2) is 47.4 Å². The minimum absolute atomic E-state index is 0.102. The largest absolute Gasteiger partial charge is 0.497 e. The average molecular weight is 412 g/mol. The molecule has 6 nitrogen and oxygen atoms in total. The second kappa shape index (κ2) is 9.61. The molecule has 2 aromatic carbocycles. The molecule has 1 atom stereocenters. The Labute approximate surface area is 163 Å². The lowest BCUT2D eigenvalue weighted by Gasteiger charge is -2.18. The molecule has 0 aromatic heterocycles. The number of nitrogens with one attached hydrogen (secondary N) is 2. The van der Waals surface area contributed by atoms with Gasteiger partial charge in [0.05, 0.1) is 18.0 Å². The zero-order valence-electron chi connectivity index (χ0n) is 15.5. The van der Waals surface area contributed by atoms with Crippen molar-refractivity contribution < 1.29 is 26.7 Å². The molecule has 0 aliphatic heterocycles. The molecule has 152 valence electrons. The summed E-state index contributed by atoms with van der Waals surface area (Å²) in [7, 11) is -2.47. The number of carbonyl (C=O) groups is 1. The highest BCUT2D eigenvalue weighted by atomic mass is 32.2. The summed E-state index contributed by atoms with van der Waals surface area (Å²) in [5.74, 6) is -2.03. The number of hydrogen-bond donors (Lipinski definition) is 2. The van der Waals surface area contributed by atoms with E-state index < -0.39 is 26.6 Å². The van der Waals surface area contributed by atoms with Gasteiger partial charge in [-0.15, -0.1) is 0 Å². The first-order valence-corrected chi connectivity index (χ1v) is 10.1. The van der Waals surface area contributed by atoms with Crippen LogP contribution in [-0.2, 0) is 14.8 Å². The van der Waals surface area contributed by atoms with Crippen LogP contribution in [-0.4, -0.2) is 28.0 Å². The van der Waals surface area contributed by atoms with Crippen molar-refractivity contribution in [2.24, 2.45) is 0 Å². The van der Waals surface area contributed by atoms with E-state index in [1.165, 1.54) is 0 Å². The quantitative estimate of drug-likeness (QED) is 0.663. The van der Waals surface area contributed by atoms with Crippen LogP contribution in [0, 0.1) is 11.6 Å². The van der Waals surface area contributed by atoms with E-state index in [1.807, 2.05) is 19.1 Å². The molecule has 28 heavy (non-hydrogen) atoms. The molecule has 0 spiro atoms. The van der Waals surface area contributed by atoms with Crippen molar-refractivity contribution in [2.75, 3.05) is 13.7 Å². The second-order valence-corrected chi connectivity index (χ2v) is 7.79. The Morgan fingerprint density at radius 3 is 2.36 bits per heavy atom. The third-order valence-electron chi connectivity index (χ3n) is 4.11. The molecule has 2 aromatic rings. The highest BCUT2D eigenvalue weighted by Crippen LogP contribution is 2.20. The molecule has 1 unspecified atom stereocenters. The van der Waals surface area contributed by atoms with Crippen LogP contribution < -0.4 is 14.8 Å². The second-order valence-electron chi connectivity index (χ2n) is 6.03. The lowest BCUT2D eigenvalue weighted by atomic mass is 10.0. The van der Waals surface area contributed by atoms with Crippen LogP contribution in [0.3, 0.4) is 0 Å². The third kappa shape index (κ3) is 5.74. The molecule has 1 amide bonds. The number of rotatable bonds is 9. The van der Waals surface area contributed by atoms with E-state index >= 15 is 0 Å². The minimum atomic E-state index is -4.04. The summed E-state index contributed by atoms with van der Waals surface area (Å²) in [5.41, 5.74) is 0.902. The van der Waals surface area contributed by atoms with Gasteiger partial charge >= 0.3 is 0 Å². The topological polar surface area (TPSA) is 84.5 Å². The maximum Gasteiger partial charge on any atom is 0.240 e. The Bertz CT molecular complexity index is 918. The zero-order valence-corrected chi connectivity index (χ0v) is 16.4. The summed E-state index contributed by atoms with van der Waals surface area (Å²) in [4.78, 5) is 11.7. The van der Waals surface area contributed by atoms with Crippen molar-refractivity contribution in [3.63, 3.8) is 0 Å². The Morgan fingerprint density at radius 1 is 1.11 bits per heavy atom. The van der Waals surface area contributed by atoms with E-state index in [9.17, 15) is 22.0 Å². The molecule has 0 radical (unpaired) electrons. The smallest absolute Gasteiger partial charge is 0.240 e. The highest BCUT2D eigenvalue weighted by molar-refractivity contribution is 7.89. The summed E-state index contributed by atoms with van der Waals surface area (Å²) in [6.45, 7) is 1.74. The summed E-state index contributed by atoms with van der Waals surface area (Å²) in [6, 6.07) is 9.34. The lowest BCUT2D eigenvalue weighted by molar-refractivity contribution is -0.121. The summed E-state index contributed by atoms with van der Waals surface area (Å²) in [6.07, 6.45) is 0.550. The monoisotopic (exact) mass is 412 g/mol. The number of ether oxygens (including phenoxy) is 1. The molecule has 0 saturated heterocycles. The molecule has 9 heteroatoms. The van der Waals surface area contributed by atoms with E-state index in [-0.39, 0.29) is 24.9 Å². The van der Waals surface area contributed by atoms with Gasteiger partial charge in [-0.1, -0.05) is 19.1 Å². The van der Waals surface area contributed by atoms with Crippen molar-refractivity contribution in [3.8, 4) is 5.75 Å². The lowest BCUT2D eigenvalue weighted by Crippen LogP contribution is -2.32. The number of hydrogen-bond acceptors (Lipinski definition) is 4. The number of benzene rings is 2. The van der Waals surface area contributed by atoms with E-state index in [0.717, 1.165) is 17.7 Å². The molecule has 0 heterocycles. The normalized spacial score (nSPS) is 12.4. The van der Waals surface area contributed by atoms with Gasteiger partial charge in [0.25, 0.3) is 0 Å². The van der Waals surface area contributed by atoms with E-state index in [2.05, 4.69) is 10.0 Å². The van der Waals surface area contributed by atoms with Crippen molar-refractivity contribution in [1.82, 2.24) is 10.0 Å². The van der Waals surface area contributed by atoms with Crippen molar-refractivity contribution >= 4 is 15.9 Å². The molecule has 0 saturated carbocycles. The summed E-state index contributed by atoms with van der Waals surface area (Å²) in [5, 5.41) is 2.84. The van der Waals surface area contributed by atoms with Gasteiger partial charge in [-0.2, -0.15) is 0 Å².